The standard InChI is InChI=1S/C19H18N2O3S2/c1-4-6-12-9-13(10-15(23-2)17(12)24-3)18(22)21-19-20-14(11-26-19)16-7-5-8-25-16/h4-5,7-11H,1,6H2,2-3H3,(H,20,21,22). The van der Waals surface area contributed by atoms with E-state index in [2.05, 4.69) is 16.9 Å². The Bertz CT molecular complexity index is 917. The zero-order valence-corrected chi connectivity index (χ0v) is 16.1. The molecule has 0 unspecified atom stereocenters. The van der Waals surface area contributed by atoms with Gasteiger partial charge in [0.1, 0.15) is 0 Å². The molecule has 2 heterocycles. The number of aromatic nitrogens is 1. The van der Waals surface area contributed by atoms with Crippen molar-refractivity contribution in [3.8, 4) is 22.1 Å². The van der Waals surface area contributed by atoms with Crippen LogP contribution in [0.4, 0.5) is 5.13 Å². The van der Waals surface area contributed by atoms with E-state index in [1.807, 2.05) is 22.9 Å². The maximum atomic E-state index is 12.7. The largest absolute Gasteiger partial charge is 0.493 e. The number of nitrogens with zero attached hydrogens (tertiary/aromatic N) is 1. The Labute approximate surface area is 159 Å². The van der Waals surface area contributed by atoms with Gasteiger partial charge in [-0.1, -0.05) is 12.1 Å². The van der Waals surface area contributed by atoms with Crippen LogP contribution in [-0.2, 0) is 6.42 Å². The smallest absolute Gasteiger partial charge is 0.257 e. The molecular formula is C19H18N2O3S2. The van der Waals surface area contributed by atoms with E-state index in [9.17, 15) is 4.79 Å². The molecule has 0 saturated heterocycles. The normalized spacial score (nSPS) is 10.4. The van der Waals surface area contributed by atoms with Crippen LogP contribution in [0.5, 0.6) is 11.5 Å². The molecule has 1 N–H and O–H groups in total. The molecule has 3 aromatic rings. The lowest BCUT2D eigenvalue weighted by molar-refractivity contribution is 0.102. The molecule has 0 spiro atoms. The third kappa shape index (κ3) is 3.79. The quantitative estimate of drug-likeness (QED) is 0.589. The lowest BCUT2D eigenvalue weighted by Crippen LogP contribution is -2.13. The maximum Gasteiger partial charge on any atom is 0.257 e. The van der Waals surface area contributed by atoms with Crippen molar-refractivity contribution in [2.75, 3.05) is 19.5 Å². The molecule has 1 aromatic carbocycles. The second-order valence-corrected chi connectivity index (χ2v) is 7.14. The van der Waals surface area contributed by atoms with Gasteiger partial charge >= 0.3 is 0 Å². The van der Waals surface area contributed by atoms with Gasteiger partial charge in [-0.15, -0.1) is 29.3 Å². The van der Waals surface area contributed by atoms with E-state index in [-0.39, 0.29) is 5.91 Å². The highest BCUT2D eigenvalue weighted by atomic mass is 32.1. The Morgan fingerprint density at radius 3 is 2.81 bits per heavy atom. The summed E-state index contributed by atoms with van der Waals surface area (Å²) in [5, 5.41) is 7.33. The minimum absolute atomic E-state index is 0.247. The Morgan fingerprint density at radius 2 is 2.15 bits per heavy atom. The first-order valence-corrected chi connectivity index (χ1v) is 9.58. The van der Waals surface area contributed by atoms with Gasteiger partial charge in [-0.2, -0.15) is 0 Å². The number of ether oxygens (including phenoxy) is 2. The highest BCUT2D eigenvalue weighted by Gasteiger charge is 2.17. The van der Waals surface area contributed by atoms with E-state index in [4.69, 9.17) is 9.47 Å². The summed E-state index contributed by atoms with van der Waals surface area (Å²) in [6.07, 6.45) is 2.33. The molecule has 0 atom stereocenters. The molecule has 0 saturated carbocycles. The summed E-state index contributed by atoms with van der Waals surface area (Å²) in [5.74, 6) is 0.872. The van der Waals surface area contributed by atoms with E-state index in [1.54, 1.807) is 43.8 Å². The molecule has 0 aliphatic carbocycles. The van der Waals surface area contributed by atoms with Crippen LogP contribution in [0.15, 0.2) is 47.7 Å². The average molecular weight is 386 g/mol. The van der Waals surface area contributed by atoms with Gasteiger partial charge in [0.15, 0.2) is 16.6 Å². The summed E-state index contributed by atoms with van der Waals surface area (Å²) in [6, 6.07) is 7.42. The van der Waals surface area contributed by atoms with Gasteiger partial charge in [-0.3, -0.25) is 10.1 Å². The molecule has 0 radical (unpaired) electrons. The van der Waals surface area contributed by atoms with Crippen LogP contribution >= 0.6 is 22.7 Å². The Hall–Kier alpha value is -2.64. The van der Waals surface area contributed by atoms with Crippen LogP contribution in [0.1, 0.15) is 15.9 Å². The molecule has 26 heavy (non-hydrogen) atoms. The number of hydrogen-bond acceptors (Lipinski definition) is 6. The monoisotopic (exact) mass is 386 g/mol. The third-order valence-electron chi connectivity index (χ3n) is 3.68. The number of thiophene rings is 1. The molecule has 3 rings (SSSR count). The van der Waals surface area contributed by atoms with Crippen molar-refractivity contribution in [1.82, 2.24) is 4.98 Å². The SMILES string of the molecule is C=CCc1cc(C(=O)Nc2nc(-c3cccs3)cs2)cc(OC)c1OC. The number of hydrogen-bond donors (Lipinski definition) is 1. The average Bonchev–Trinajstić information content (AvgIpc) is 3.32. The number of carbonyl (C=O) groups is 1. The minimum atomic E-state index is -0.247. The number of rotatable bonds is 7. The number of carbonyl (C=O) groups excluding carboxylic acids is 1. The van der Waals surface area contributed by atoms with E-state index < -0.39 is 0 Å². The van der Waals surface area contributed by atoms with E-state index in [0.29, 0.717) is 28.6 Å². The maximum absolute atomic E-state index is 12.7. The van der Waals surface area contributed by atoms with Crippen molar-refractivity contribution in [3.63, 3.8) is 0 Å². The number of nitrogens with one attached hydrogen (secondary N) is 1. The predicted molar refractivity (Wildman–Crippen MR) is 107 cm³/mol. The van der Waals surface area contributed by atoms with E-state index in [0.717, 1.165) is 16.1 Å². The summed E-state index contributed by atoms with van der Waals surface area (Å²) in [7, 11) is 3.12. The fraction of sp³-hybridized carbons (Fsp3) is 0.158. The number of amides is 1. The Kier molecular flexibility index (Phi) is 5.70. The predicted octanol–water partition coefficient (Wildman–Crippen LogP) is 4.87. The number of allylic oxidation sites excluding steroid dienone is 1. The van der Waals surface area contributed by atoms with Crippen molar-refractivity contribution in [2.45, 2.75) is 6.42 Å². The van der Waals surface area contributed by atoms with Crippen LogP contribution in [0, 0.1) is 0 Å². The summed E-state index contributed by atoms with van der Waals surface area (Å²) in [5.41, 5.74) is 2.18. The summed E-state index contributed by atoms with van der Waals surface area (Å²) < 4.78 is 10.8. The molecule has 5 nitrogen and oxygen atoms in total. The zero-order valence-electron chi connectivity index (χ0n) is 14.4. The molecular weight excluding hydrogens is 368 g/mol. The number of anilines is 1. The first-order chi connectivity index (χ1) is 12.7. The van der Waals surface area contributed by atoms with Gasteiger partial charge in [0, 0.05) is 16.5 Å². The molecule has 2 aromatic heterocycles. The molecule has 0 fully saturated rings. The van der Waals surface area contributed by atoms with Gasteiger partial charge in [0.05, 0.1) is 24.8 Å². The van der Waals surface area contributed by atoms with Crippen LogP contribution in [0.3, 0.4) is 0 Å². The fourth-order valence-corrected chi connectivity index (χ4v) is 3.99. The fourth-order valence-electron chi connectivity index (χ4n) is 2.52. The second-order valence-electron chi connectivity index (χ2n) is 5.33. The highest BCUT2D eigenvalue weighted by molar-refractivity contribution is 7.16. The number of methoxy groups -OCH3 is 2. The number of thiazole rings is 1. The molecule has 7 heteroatoms. The van der Waals surface area contributed by atoms with Gasteiger partial charge in [-0.25, -0.2) is 4.98 Å². The van der Waals surface area contributed by atoms with Gasteiger partial charge in [-0.05, 0) is 30.0 Å². The minimum Gasteiger partial charge on any atom is -0.493 e. The molecule has 1 amide bonds. The van der Waals surface area contributed by atoms with Crippen molar-refractivity contribution in [3.05, 3.63) is 58.8 Å². The zero-order chi connectivity index (χ0) is 18.5. The highest BCUT2D eigenvalue weighted by Crippen LogP contribution is 2.34. The first kappa shape index (κ1) is 18.2. The van der Waals surface area contributed by atoms with Crippen molar-refractivity contribution in [2.24, 2.45) is 0 Å². The van der Waals surface area contributed by atoms with Crippen molar-refractivity contribution < 1.29 is 14.3 Å². The van der Waals surface area contributed by atoms with E-state index in [1.165, 1.54) is 11.3 Å². The summed E-state index contributed by atoms with van der Waals surface area (Å²) >= 11 is 3.01. The topological polar surface area (TPSA) is 60.5 Å². The first-order valence-electron chi connectivity index (χ1n) is 7.82. The summed E-state index contributed by atoms with van der Waals surface area (Å²) in [4.78, 5) is 18.2. The summed E-state index contributed by atoms with van der Waals surface area (Å²) in [6.45, 7) is 3.75. The van der Waals surface area contributed by atoms with Crippen LogP contribution < -0.4 is 14.8 Å². The molecule has 0 bridgehead atoms. The Balaban J connectivity index is 1.85. The van der Waals surface area contributed by atoms with E-state index >= 15 is 0 Å². The van der Waals surface area contributed by atoms with Crippen LogP contribution in [-0.4, -0.2) is 25.1 Å². The Morgan fingerprint density at radius 1 is 1.31 bits per heavy atom. The van der Waals surface area contributed by atoms with Gasteiger partial charge < -0.3 is 9.47 Å². The number of benzene rings is 1. The van der Waals surface area contributed by atoms with Crippen LogP contribution in [0.25, 0.3) is 10.6 Å². The second kappa shape index (κ2) is 8.16. The molecule has 0 aliphatic heterocycles. The van der Waals surface area contributed by atoms with Crippen molar-refractivity contribution >= 4 is 33.7 Å². The van der Waals surface area contributed by atoms with Crippen molar-refractivity contribution in [1.29, 1.82) is 0 Å². The molecule has 0 aliphatic rings. The third-order valence-corrected chi connectivity index (χ3v) is 5.33. The molecule has 134 valence electrons. The lowest BCUT2D eigenvalue weighted by Gasteiger charge is -2.14. The van der Waals surface area contributed by atoms with Gasteiger partial charge in [0.25, 0.3) is 5.91 Å². The lowest BCUT2D eigenvalue weighted by atomic mass is 10.1. The van der Waals surface area contributed by atoms with Gasteiger partial charge in [0.2, 0.25) is 0 Å². The van der Waals surface area contributed by atoms with Crippen LogP contribution in [0.2, 0.25) is 0 Å².